The zero-order valence-corrected chi connectivity index (χ0v) is 10.6. The number of hydrogen-bond donors (Lipinski definition) is 1. The molecule has 0 aliphatic rings. The highest BCUT2D eigenvalue weighted by molar-refractivity contribution is 6.32. The molecule has 1 heterocycles. The van der Waals surface area contributed by atoms with Crippen LogP contribution in [0.3, 0.4) is 0 Å². The van der Waals surface area contributed by atoms with Crippen LogP contribution in [-0.4, -0.2) is 14.9 Å². The van der Waals surface area contributed by atoms with Gasteiger partial charge in [-0.1, -0.05) is 17.7 Å². The lowest BCUT2D eigenvalue weighted by atomic mass is 10.2. The highest BCUT2D eigenvalue weighted by Crippen LogP contribution is 2.29. The summed E-state index contributed by atoms with van der Waals surface area (Å²) in [6.45, 7) is 1.88. The van der Waals surface area contributed by atoms with Gasteiger partial charge in [-0.25, -0.2) is 0 Å². The Kier molecular flexibility index (Phi) is 3.48. The van der Waals surface area contributed by atoms with E-state index in [1.807, 2.05) is 6.92 Å². The van der Waals surface area contributed by atoms with Crippen LogP contribution in [0.4, 0.5) is 11.5 Å². The van der Waals surface area contributed by atoms with Crippen LogP contribution >= 0.6 is 11.6 Å². The number of rotatable bonds is 3. The SMILES string of the molecule is Cc1ccc(Oc2ncc([N+](=O)[O-])c(N)n2)c(Cl)c1. The van der Waals surface area contributed by atoms with Gasteiger partial charge in [-0.2, -0.15) is 9.97 Å². The van der Waals surface area contributed by atoms with Gasteiger partial charge in [0, 0.05) is 0 Å². The summed E-state index contributed by atoms with van der Waals surface area (Å²) >= 11 is 5.98. The summed E-state index contributed by atoms with van der Waals surface area (Å²) in [6, 6.07) is 5.06. The fourth-order valence-electron chi connectivity index (χ4n) is 1.35. The van der Waals surface area contributed by atoms with Crippen LogP contribution < -0.4 is 10.5 Å². The molecule has 0 saturated carbocycles. The number of nitro groups is 1. The van der Waals surface area contributed by atoms with Crippen molar-refractivity contribution in [2.45, 2.75) is 6.92 Å². The lowest BCUT2D eigenvalue weighted by Crippen LogP contribution is -2.01. The van der Waals surface area contributed by atoms with Crippen molar-refractivity contribution in [3.63, 3.8) is 0 Å². The number of anilines is 1. The molecule has 0 aliphatic carbocycles. The van der Waals surface area contributed by atoms with E-state index < -0.39 is 4.92 Å². The van der Waals surface area contributed by atoms with Crippen molar-refractivity contribution in [1.29, 1.82) is 0 Å². The Balaban J connectivity index is 2.29. The van der Waals surface area contributed by atoms with E-state index in [0.29, 0.717) is 10.8 Å². The van der Waals surface area contributed by atoms with Gasteiger partial charge in [-0.3, -0.25) is 10.1 Å². The molecule has 0 saturated heterocycles. The van der Waals surface area contributed by atoms with Gasteiger partial charge in [0.2, 0.25) is 5.82 Å². The van der Waals surface area contributed by atoms with E-state index in [-0.39, 0.29) is 17.5 Å². The maximum absolute atomic E-state index is 10.6. The Bertz CT molecular complexity index is 648. The fourth-order valence-corrected chi connectivity index (χ4v) is 1.62. The Labute approximate surface area is 113 Å². The highest BCUT2D eigenvalue weighted by atomic mass is 35.5. The van der Waals surface area contributed by atoms with Gasteiger partial charge in [-0.05, 0) is 24.6 Å². The molecule has 0 unspecified atom stereocenters. The second-order valence-corrected chi connectivity index (χ2v) is 4.12. The third kappa shape index (κ3) is 2.89. The molecule has 0 aliphatic heterocycles. The molecule has 0 spiro atoms. The molecule has 2 aromatic rings. The van der Waals surface area contributed by atoms with Crippen molar-refractivity contribution in [3.05, 3.63) is 45.1 Å². The average molecular weight is 281 g/mol. The maximum atomic E-state index is 10.6. The minimum absolute atomic E-state index is 0.103. The van der Waals surface area contributed by atoms with Crippen molar-refractivity contribution in [1.82, 2.24) is 9.97 Å². The molecule has 2 N–H and O–H groups in total. The van der Waals surface area contributed by atoms with Gasteiger partial charge < -0.3 is 10.5 Å². The van der Waals surface area contributed by atoms with E-state index in [0.717, 1.165) is 11.8 Å². The van der Waals surface area contributed by atoms with E-state index >= 15 is 0 Å². The maximum Gasteiger partial charge on any atom is 0.329 e. The normalized spacial score (nSPS) is 10.2. The Morgan fingerprint density at radius 1 is 1.47 bits per heavy atom. The summed E-state index contributed by atoms with van der Waals surface area (Å²) in [5, 5.41) is 11.0. The van der Waals surface area contributed by atoms with E-state index in [9.17, 15) is 10.1 Å². The van der Waals surface area contributed by atoms with E-state index in [4.69, 9.17) is 22.1 Å². The van der Waals surface area contributed by atoms with E-state index in [1.54, 1.807) is 18.2 Å². The summed E-state index contributed by atoms with van der Waals surface area (Å²) in [5.41, 5.74) is 6.03. The Hall–Kier alpha value is -2.41. The fraction of sp³-hybridized carbons (Fsp3) is 0.0909. The van der Waals surface area contributed by atoms with Gasteiger partial charge in [0.1, 0.15) is 11.9 Å². The lowest BCUT2D eigenvalue weighted by Gasteiger charge is -2.06. The van der Waals surface area contributed by atoms with Crippen LogP contribution in [0.1, 0.15) is 5.56 Å². The molecule has 1 aromatic heterocycles. The number of nitrogens with zero attached hydrogens (tertiary/aromatic N) is 3. The topological polar surface area (TPSA) is 104 Å². The summed E-state index contributed by atoms with van der Waals surface area (Å²) in [7, 11) is 0. The highest BCUT2D eigenvalue weighted by Gasteiger charge is 2.15. The molecule has 0 amide bonds. The summed E-state index contributed by atoms with van der Waals surface area (Å²) in [6.07, 6.45) is 0.986. The lowest BCUT2D eigenvalue weighted by molar-refractivity contribution is -0.384. The number of benzene rings is 1. The summed E-state index contributed by atoms with van der Waals surface area (Å²) in [4.78, 5) is 17.3. The van der Waals surface area contributed by atoms with Crippen molar-refractivity contribution in [2.75, 3.05) is 5.73 Å². The first-order valence-corrected chi connectivity index (χ1v) is 5.56. The number of nitrogen functional groups attached to an aromatic ring is 1. The third-order valence-corrected chi connectivity index (χ3v) is 2.56. The second-order valence-electron chi connectivity index (χ2n) is 3.72. The molecule has 2 rings (SSSR count). The smallest absolute Gasteiger partial charge is 0.329 e. The van der Waals surface area contributed by atoms with Gasteiger partial charge in [0.15, 0.2) is 0 Å². The second kappa shape index (κ2) is 5.07. The molecular formula is C11H9ClN4O3. The van der Waals surface area contributed by atoms with Gasteiger partial charge in [-0.15, -0.1) is 0 Å². The predicted molar refractivity (Wildman–Crippen MR) is 69.4 cm³/mol. The van der Waals surface area contributed by atoms with E-state index in [2.05, 4.69) is 9.97 Å². The van der Waals surface area contributed by atoms with Gasteiger partial charge in [0.25, 0.3) is 0 Å². The predicted octanol–water partition coefficient (Wildman–Crippen LogP) is 2.72. The molecule has 8 heteroatoms. The molecule has 1 aromatic carbocycles. The molecule has 19 heavy (non-hydrogen) atoms. The molecule has 0 atom stereocenters. The monoisotopic (exact) mass is 280 g/mol. The zero-order chi connectivity index (χ0) is 14.0. The van der Waals surface area contributed by atoms with Crippen LogP contribution in [0.5, 0.6) is 11.8 Å². The zero-order valence-electron chi connectivity index (χ0n) is 9.83. The minimum Gasteiger partial charge on any atom is -0.423 e. The minimum atomic E-state index is -0.669. The average Bonchev–Trinajstić information content (AvgIpc) is 2.32. The number of halogens is 1. The number of nitrogens with two attached hydrogens (primary N) is 1. The van der Waals surface area contributed by atoms with Crippen molar-refractivity contribution >= 4 is 23.1 Å². The van der Waals surface area contributed by atoms with Crippen LogP contribution in [0.15, 0.2) is 24.4 Å². The molecular weight excluding hydrogens is 272 g/mol. The summed E-state index contributed by atoms with van der Waals surface area (Å²) in [5.74, 6) is 0.0822. The first-order chi connectivity index (χ1) is 8.97. The Morgan fingerprint density at radius 3 is 2.79 bits per heavy atom. The number of ether oxygens (including phenoxy) is 1. The van der Waals surface area contributed by atoms with Crippen LogP contribution in [-0.2, 0) is 0 Å². The van der Waals surface area contributed by atoms with Gasteiger partial charge >= 0.3 is 11.7 Å². The van der Waals surface area contributed by atoms with Crippen LogP contribution in [0.2, 0.25) is 5.02 Å². The first-order valence-electron chi connectivity index (χ1n) is 5.18. The largest absolute Gasteiger partial charge is 0.423 e. The quantitative estimate of drug-likeness (QED) is 0.684. The number of hydrogen-bond acceptors (Lipinski definition) is 6. The molecule has 7 nitrogen and oxygen atoms in total. The molecule has 0 bridgehead atoms. The third-order valence-electron chi connectivity index (χ3n) is 2.26. The molecule has 98 valence electrons. The summed E-state index contributed by atoms with van der Waals surface area (Å²) < 4.78 is 5.32. The number of aryl methyl sites for hydroxylation is 1. The van der Waals surface area contributed by atoms with Crippen molar-refractivity contribution < 1.29 is 9.66 Å². The van der Waals surface area contributed by atoms with Gasteiger partial charge in [0.05, 0.1) is 9.95 Å². The first kappa shape index (κ1) is 13.0. The number of aromatic nitrogens is 2. The van der Waals surface area contributed by atoms with Crippen LogP contribution in [0.25, 0.3) is 0 Å². The van der Waals surface area contributed by atoms with E-state index in [1.165, 1.54) is 0 Å². The Morgan fingerprint density at radius 2 is 2.21 bits per heavy atom. The molecule has 0 radical (unpaired) electrons. The standard InChI is InChI=1S/C11H9ClN4O3/c1-6-2-3-9(7(12)4-6)19-11-14-5-8(16(17)18)10(13)15-11/h2-5H,1H3,(H2,13,14,15). The molecule has 0 fully saturated rings. The van der Waals surface area contributed by atoms with Crippen molar-refractivity contribution in [2.24, 2.45) is 0 Å². The van der Waals surface area contributed by atoms with Crippen LogP contribution in [0, 0.1) is 17.0 Å². The van der Waals surface area contributed by atoms with Crippen molar-refractivity contribution in [3.8, 4) is 11.8 Å².